The van der Waals surface area contributed by atoms with Crippen molar-refractivity contribution in [2.45, 2.75) is 23.9 Å². The molecule has 3 aromatic carbocycles. The maximum absolute atomic E-state index is 13.3. The minimum atomic E-state index is -4.73. The van der Waals surface area contributed by atoms with Crippen LogP contribution in [0.2, 0.25) is 5.02 Å². The van der Waals surface area contributed by atoms with Gasteiger partial charge in [0.15, 0.2) is 0 Å². The first-order chi connectivity index (χ1) is 16.0. The maximum atomic E-state index is 13.3. The molecule has 0 fully saturated rings. The van der Waals surface area contributed by atoms with Gasteiger partial charge in [-0.05, 0) is 41.8 Å². The minimum Gasteiger partial charge on any atom is -0.354 e. The molecule has 0 aliphatic carbocycles. The van der Waals surface area contributed by atoms with Crippen molar-refractivity contribution in [3.63, 3.8) is 0 Å². The summed E-state index contributed by atoms with van der Waals surface area (Å²) in [5.74, 6) is -0.753. The Morgan fingerprint density at radius 3 is 2.18 bits per heavy atom. The van der Waals surface area contributed by atoms with Gasteiger partial charge in [-0.3, -0.25) is 9.10 Å². The van der Waals surface area contributed by atoms with E-state index < -0.39 is 39.9 Å². The Hall–Kier alpha value is -3.04. The fourth-order valence-electron chi connectivity index (χ4n) is 3.25. The first-order valence-corrected chi connectivity index (χ1v) is 12.1. The molecular weight excluding hydrogens is 489 g/mol. The van der Waals surface area contributed by atoms with Crippen molar-refractivity contribution in [1.29, 1.82) is 0 Å². The van der Waals surface area contributed by atoms with Gasteiger partial charge in [-0.15, -0.1) is 0 Å². The molecule has 0 aliphatic rings. The topological polar surface area (TPSA) is 66.5 Å². The number of hydrogen-bond acceptors (Lipinski definition) is 3. The number of halogens is 4. The van der Waals surface area contributed by atoms with Crippen molar-refractivity contribution in [2.75, 3.05) is 17.4 Å². The van der Waals surface area contributed by atoms with Gasteiger partial charge in [-0.25, -0.2) is 8.42 Å². The summed E-state index contributed by atoms with van der Waals surface area (Å²) in [6.07, 6.45) is -4.73. The molecule has 1 atom stereocenters. The molecule has 0 spiro atoms. The largest absolute Gasteiger partial charge is 0.416 e. The van der Waals surface area contributed by atoms with Gasteiger partial charge < -0.3 is 5.32 Å². The van der Waals surface area contributed by atoms with Crippen molar-refractivity contribution >= 4 is 33.2 Å². The molecule has 1 amide bonds. The second-order valence-corrected chi connectivity index (χ2v) is 9.87. The van der Waals surface area contributed by atoms with Gasteiger partial charge in [-0.2, -0.15) is 13.2 Å². The molecule has 3 rings (SSSR count). The average molecular weight is 511 g/mol. The molecule has 1 unspecified atom stereocenters. The van der Waals surface area contributed by atoms with Crippen LogP contribution in [-0.4, -0.2) is 27.4 Å². The number of nitrogens with zero attached hydrogens (tertiary/aromatic N) is 1. The predicted molar refractivity (Wildman–Crippen MR) is 125 cm³/mol. The summed E-state index contributed by atoms with van der Waals surface area (Å²) in [5.41, 5.74) is -0.553. The molecule has 0 aromatic heterocycles. The number of amides is 1. The number of hydrogen-bond donors (Lipinski definition) is 1. The third-order valence-corrected chi connectivity index (χ3v) is 7.23. The number of rotatable bonds is 8. The van der Waals surface area contributed by atoms with Crippen molar-refractivity contribution in [2.24, 2.45) is 0 Å². The van der Waals surface area contributed by atoms with E-state index in [4.69, 9.17) is 11.6 Å². The smallest absolute Gasteiger partial charge is 0.354 e. The lowest BCUT2D eigenvalue weighted by Crippen LogP contribution is -2.42. The number of benzene rings is 3. The van der Waals surface area contributed by atoms with Crippen LogP contribution in [0.4, 0.5) is 18.9 Å². The Labute approximate surface area is 201 Å². The van der Waals surface area contributed by atoms with Gasteiger partial charge in [0, 0.05) is 6.54 Å². The summed E-state index contributed by atoms with van der Waals surface area (Å²) >= 11 is 6.12. The molecule has 0 radical (unpaired) electrons. The first-order valence-electron chi connectivity index (χ1n) is 10.3. The number of carbonyl (C=O) groups excluding carboxylic acids is 1. The normalized spacial score (nSPS) is 12.7. The SMILES string of the molecule is CC(CNC(=O)CN(c1cc(C(F)(F)F)ccc1Cl)S(=O)(=O)c1ccccc1)c1ccccc1. The Bertz CT molecular complexity index is 1240. The molecule has 0 bridgehead atoms. The van der Waals surface area contributed by atoms with Gasteiger partial charge in [0.25, 0.3) is 10.0 Å². The van der Waals surface area contributed by atoms with Crippen molar-refractivity contribution in [3.8, 4) is 0 Å². The second kappa shape index (κ2) is 10.5. The van der Waals surface area contributed by atoms with E-state index in [2.05, 4.69) is 5.32 Å². The van der Waals surface area contributed by atoms with E-state index >= 15 is 0 Å². The van der Waals surface area contributed by atoms with Crippen molar-refractivity contribution < 1.29 is 26.4 Å². The number of anilines is 1. The van der Waals surface area contributed by atoms with E-state index in [0.717, 1.165) is 17.7 Å². The minimum absolute atomic E-state index is 0.0681. The third-order valence-electron chi connectivity index (χ3n) is 5.13. The summed E-state index contributed by atoms with van der Waals surface area (Å²) in [4.78, 5) is 12.6. The van der Waals surface area contributed by atoms with Crippen LogP contribution in [0.3, 0.4) is 0 Å². The zero-order valence-electron chi connectivity index (χ0n) is 18.1. The second-order valence-electron chi connectivity index (χ2n) is 7.60. The lowest BCUT2D eigenvalue weighted by molar-refractivity contribution is -0.137. The molecule has 10 heteroatoms. The fourth-order valence-corrected chi connectivity index (χ4v) is 4.97. The summed E-state index contributed by atoms with van der Waals surface area (Å²) < 4.78 is 67.3. The lowest BCUT2D eigenvalue weighted by atomic mass is 10.0. The quantitative estimate of drug-likeness (QED) is 0.437. The monoisotopic (exact) mass is 510 g/mol. The molecule has 3 aromatic rings. The molecule has 0 aliphatic heterocycles. The Balaban J connectivity index is 1.93. The molecule has 180 valence electrons. The fraction of sp³-hybridized carbons (Fsp3) is 0.208. The standard InChI is InChI=1S/C24H22ClF3N2O3S/c1-17(18-8-4-2-5-9-18)15-29-23(31)16-30(34(32,33)20-10-6-3-7-11-20)22-14-19(24(26,27)28)12-13-21(22)25/h2-14,17H,15-16H2,1H3,(H,29,31). The lowest BCUT2D eigenvalue weighted by Gasteiger charge is -2.26. The van der Waals surface area contributed by atoms with Crippen LogP contribution >= 0.6 is 11.6 Å². The van der Waals surface area contributed by atoms with E-state index in [9.17, 15) is 26.4 Å². The van der Waals surface area contributed by atoms with Gasteiger partial charge in [0.1, 0.15) is 6.54 Å². The molecule has 0 saturated carbocycles. The highest BCUT2D eigenvalue weighted by Gasteiger charge is 2.34. The Morgan fingerprint density at radius 2 is 1.59 bits per heavy atom. The average Bonchev–Trinajstić information content (AvgIpc) is 2.82. The molecular formula is C24H22ClF3N2O3S. The van der Waals surface area contributed by atoms with Crippen LogP contribution in [-0.2, 0) is 21.0 Å². The number of nitrogens with one attached hydrogen (secondary N) is 1. The van der Waals surface area contributed by atoms with E-state index in [-0.39, 0.29) is 22.4 Å². The van der Waals surface area contributed by atoms with Gasteiger partial charge in [0.2, 0.25) is 5.91 Å². The highest BCUT2D eigenvalue weighted by Crippen LogP contribution is 2.37. The molecule has 34 heavy (non-hydrogen) atoms. The van der Waals surface area contributed by atoms with E-state index in [1.165, 1.54) is 24.3 Å². The van der Waals surface area contributed by atoms with E-state index in [1.54, 1.807) is 6.07 Å². The van der Waals surface area contributed by atoms with Crippen molar-refractivity contribution in [3.05, 3.63) is 95.0 Å². The van der Waals surface area contributed by atoms with Gasteiger partial charge >= 0.3 is 6.18 Å². The zero-order valence-corrected chi connectivity index (χ0v) is 19.7. The summed E-state index contributed by atoms with van der Waals surface area (Å²) in [6.45, 7) is 1.34. The van der Waals surface area contributed by atoms with Gasteiger partial charge in [0.05, 0.1) is 21.2 Å². The number of carbonyl (C=O) groups is 1. The summed E-state index contributed by atoms with van der Waals surface area (Å²) in [5, 5.41) is 2.42. The van der Waals surface area contributed by atoms with Crippen LogP contribution < -0.4 is 9.62 Å². The van der Waals surface area contributed by atoms with Crippen LogP contribution in [0, 0.1) is 0 Å². The molecule has 0 heterocycles. The van der Waals surface area contributed by atoms with E-state index in [0.29, 0.717) is 10.4 Å². The van der Waals surface area contributed by atoms with Crippen LogP contribution in [0.1, 0.15) is 24.0 Å². The summed E-state index contributed by atoms with van der Waals surface area (Å²) in [7, 11) is -4.40. The van der Waals surface area contributed by atoms with Crippen LogP contribution in [0.25, 0.3) is 0 Å². The highest BCUT2D eigenvalue weighted by atomic mass is 35.5. The predicted octanol–water partition coefficient (Wildman–Crippen LogP) is 5.47. The Kier molecular flexibility index (Phi) is 7.89. The Morgan fingerprint density at radius 1 is 1.00 bits per heavy atom. The molecule has 5 nitrogen and oxygen atoms in total. The maximum Gasteiger partial charge on any atom is 0.416 e. The zero-order chi connectivity index (χ0) is 24.9. The van der Waals surface area contributed by atoms with Crippen molar-refractivity contribution in [1.82, 2.24) is 5.32 Å². The molecule has 1 N–H and O–H groups in total. The van der Waals surface area contributed by atoms with E-state index in [1.807, 2.05) is 37.3 Å². The number of sulfonamides is 1. The summed E-state index contributed by atoms with van der Waals surface area (Å²) in [6, 6.07) is 18.8. The molecule has 0 saturated heterocycles. The van der Waals surface area contributed by atoms with Gasteiger partial charge in [-0.1, -0.05) is 67.1 Å². The third kappa shape index (κ3) is 6.09. The van der Waals surface area contributed by atoms with Crippen LogP contribution in [0.5, 0.6) is 0 Å². The number of alkyl halides is 3. The highest BCUT2D eigenvalue weighted by molar-refractivity contribution is 7.92. The van der Waals surface area contributed by atoms with Crippen LogP contribution in [0.15, 0.2) is 83.8 Å². The first kappa shape index (κ1) is 25.6.